The van der Waals surface area contributed by atoms with Crippen LogP contribution in [0.2, 0.25) is 0 Å². The van der Waals surface area contributed by atoms with E-state index in [1.807, 2.05) is 18.2 Å². The Kier molecular flexibility index (Phi) is 3.81. The smallest absolute Gasteiger partial charge is 0.223 e. The maximum atomic E-state index is 12.8. The zero-order chi connectivity index (χ0) is 15.7. The standard InChI is InChI=1S/C19H24N2O/c1-19(2,3)14-17(22)21-13-12-20-11-7-10-16(20)18(21)15-8-5-4-6-9-15/h4-11,18H,12-14H2,1-3H3. The van der Waals surface area contributed by atoms with Gasteiger partial charge in [0.05, 0.1) is 6.04 Å². The summed E-state index contributed by atoms with van der Waals surface area (Å²) in [6.45, 7) is 8.01. The van der Waals surface area contributed by atoms with Crippen LogP contribution in [0.3, 0.4) is 0 Å². The van der Waals surface area contributed by atoms with E-state index in [4.69, 9.17) is 0 Å². The third-order valence-electron chi connectivity index (χ3n) is 4.16. The number of aromatic nitrogens is 1. The van der Waals surface area contributed by atoms with Crippen molar-refractivity contribution in [3.8, 4) is 0 Å². The molecule has 0 bridgehead atoms. The van der Waals surface area contributed by atoms with Crippen LogP contribution in [0.15, 0.2) is 48.7 Å². The van der Waals surface area contributed by atoms with Gasteiger partial charge in [-0.15, -0.1) is 0 Å². The van der Waals surface area contributed by atoms with Gasteiger partial charge >= 0.3 is 0 Å². The zero-order valence-electron chi connectivity index (χ0n) is 13.6. The number of carbonyl (C=O) groups is 1. The van der Waals surface area contributed by atoms with E-state index in [0.717, 1.165) is 13.1 Å². The van der Waals surface area contributed by atoms with Crippen LogP contribution < -0.4 is 0 Å². The number of nitrogens with zero attached hydrogens (tertiary/aromatic N) is 2. The lowest BCUT2D eigenvalue weighted by Gasteiger charge is -2.38. The molecule has 1 amide bonds. The molecule has 1 atom stereocenters. The number of hydrogen-bond donors (Lipinski definition) is 0. The summed E-state index contributed by atoms with van der Waals surface area (Å²) in [6.07, 6.45) is 2.69. The molecule has 1 aromatic heterocycles. The van der Waals surface area contributed by atoms with E-state index in [2.05, 4.69) is 60.7 Å². The Bertz CT molecular complexity index is 652. The van der Waals surface area contributed by atoms with Crippen LogP contribution in [0.1, 0.15) is 44.5 Å². The van der Waals surface area contributed by atoms with E-state index in [0.29, 0.717) is 6.42 Å². The fraction of sp³-hybridized carbons (Fsp3) is 0.421. The highest BCUT2D eigenvalue weighted by Gasteiger charge is 2.33. The molecule has 0 radical (unpaired) electrons. The minimum atomic E-state index is 0.0117. The van der Waals surface area contributed by atoms with Gasteiger partial charge in [-0.1, -0.05) is 51.1 Å². The number of benzene rings is 1. The first-order valence-electron chi connectivity index (χ1n) is 7.95. The molecule has 0 aliphatic carbocycles. The van der Waals surface area contributed by atoms with Gasteiger partial charge in [-0.25, -0.2) is 0 Å². The third kappa shape index (κ3) is 2.94. The second-order valence-corrected chi connectivity index (χ2v) is 7.26. The lowest BCUT2D eigenvalue weighted by atomic mass is 9.90. The first-order chi connectivity index (χ1) is 10.5. The zero-order valence-corrected chi connectivity index (χ0v) is 13.6. The van der Waals surface area contributed by atoms with Crippen molar-refractivity contribution in [2.24, 2.45) is 5.41 Å². The maximum absolute atomic E-state index is 12.8. The molecule has 0 saturated carbocycles. The molecule has 2 heterocycles. The largest absolute Gasteiger partial charge is 0.348 e. The highest BCUT2D eigenvalue weighted by atomic mass is 16.2. The third-order valence-corrected chi connectivity index (χ3v) is 4.16. The highest BCUT2D eigenvalue weighted by molar-refractivity contribution is 5.78. The summed E-state index contributed by atoms with van der Waals surface area (Å²) in [6, 6.07) is 14.6. The molecule has 3 rings (SSSR count). The van der Waals surface area contributed by atoms with E-state index >= 15 is 0 Å². The van der Waals surface area contributed by atoms with Crippen LogP contribution in [0.25, 0.3) is 0 Å². The Morgan fingerprint density at radius 3 is 2.50 bits per heavy atom. The molecule has 0 saturated heterocycles. The predicted molar refractivity (Wildman–Crippen MR) is 88.5 cm³/mol. The Morgan fingerprint density at radius 2 is 1.82 bits per heavy atom. The summed E-state index contributed by atoms with van der Waals surface area (Å²) in [7, 11) is 0. The van der Waals surface area contributed by atoms with Crippen molar-refractivity contribution in [1.29, 1.82) is 0 Å². The lowest BCUT2D eigenvalue weighted by molar-refractivity contribution is -0.135. The minimum Gasteiger partial charge on any atom is -0.348 e. The molecule has 1 unspecified atom stereocenters. The Labute approximate surface area is 132 Å². The Morgan fingerprint density at radius 1 is 1.09 bits per heavy atom. The van der Waals surface area contributed by atoms with Gasteiger partial charge in [-0.2, -0.15) is 0 Å². The molecule has 0 fully saturated rings. The van der Waals surface area contributed by atoms with Crippen LogP contribution in [-0.4, -0.2) is 21.9 Å². The van der Waals surface area contributed by atoms with Crippen molar-refractivity contribution >= 4 is 5.91 Å². The summed E-state index contributed by atoms with van der Waals surface area (Å²) in [5, 5.41) is 0. The van der Waals surface area contributed by atoms with Gasteiger partial charge in [-0.3, -0.25) is 4.79 Å². The van der Waals surface area contributed by atoms with E-state index in [-0.39, 0.29) is 17.4 Å². The second kappa shape index (κ2) is 5.64. The Balaban J connectivity index is 1.97. The van der Waals surface area contributed by atoms with Crippen LogP contribution in [0, 0.1) is 5.41 Å². The van der Waals surface area contributed by atoms with E-state index in [1.54, 1.807) is 0 Å². The van der Waals surface area contributed by atoms with Crippen LogP contribution >= 0.6 is 0 Å². The average Bonchev–Trinajstić information content (AvgIpc) is 2.93. The van der Waals surface area contributed by atoms with Crippen molar-refractivity contribution in [3.63, 3.8) is 0 Å². The lowest BCUT2D eigenvalue weighted by Crippen LogP contribution is -2.43. The first-order valence-corrected chi connectivity index (χ1v) is 7.95. The summed E-state index contributed by atoms with van der Waals surface area (Å²) >= 11 is 0. The fourth-order valence-electron chi connectivity index (χ4n) is 3.19. The maximum Gasteiger partial charge on any atom is 0.223 e. The second-order valence-electron chi connectivity index (χ2n) is 7.26. The number of hydrogen-bond acceptors (Lipinski definition) is 1. The van der Waals surface area contributed by atoms with E-state index in [9.17, 15) is 4.79 Å². The number of amides is 1. The molecule has 1 aliphatic heterocycles. The number of fused-ring (bicyclic) bond motifs is 1. The summed E-state index contributed by atoms with van der Waals surface area (Å²) in [5.41, 5.74) is 2.40. The van der Waals surface area contributed by atoms with Gasteiger partial charge < -0.3 is 9.47 Å². The molecule has 0 N–H and O–H groups in total. The first kappa shape index (κ1) is 14.9. The monoisotopic (exact) mass is 296 g/mol. The van der Waals surface area contributed by atoms with Gasteiger partial charge in [-0.05, 0) is 23.1 Å². The Hall–Kier alpha value is -2.03. The van der Waals surface area contributed by atoms with Crippen molar-refractivity contribution in [1.82, 2.24) is 9.47 Å². The van der Waals surface area contributed by atoms with E-state index < -0.39 is 0 Å². The molecule has 2 aromatic rings. The molecule has 116 valence electrons. The van der Waals surface area contributed by atoms with E-state index in [1.165, 1.54) is 11.3 Å². The molecule has 1 aromatic carbocycles. The van der Waals surface area contributed by atoms with Gasteiger partial charge in [0.15, 0.2) is 0 Å². The van der Waals surface area contributed by atoms with Crippen molar-refractivity contribution in [2.75, 3.05) is 6.54 Å². The highest BCUT2D eigenvalue weighted by Crippen LogP contribution is 2.34. The normalized spacial score (nSPS) is 18.1. The van der Waals surface area contributed by atoms with Crippen LogP contribution in [0.5, 0.6) is 0 Å². The minimum absolute atomic E-state index is 0.0117. The van der Waals surface area contributed by atoms with Crippen molar-refractivity contribution in [3.05, 3.63) is 59.9 Å². The molecule has 1 aliphatic rings. The van der Waals surface area contributed by atoms with Crippen LogP contribution in [-0.2, 0) is 11.3 Å². The van der Waals surface area contributed by atoms with Gasteiger partial charge in [0, 0.05) is 31.4 Å². The number of carbonyl (C=O) groups excluding carboxylic acids is 1. The molecule has 22 heavy (non-hydrogen) atoms. The van der Waals surface area contributed by atoms with Gasteiger partial charge in [0.25, 0.3) is 0 Å². The summed E-state index contributed by atoms with van der Waals surface area (Å²) in [4.78, 5) is 14.9. The average molecular weight is 296 g/mol. The summed E-state index contributed by atoms with van der Waals surface area (Å²) in [5.74, 6) is 0.244. The van der Waals surface area contributed by atoms with Crippen LogP contribution in [0.4, 0.5) is 0 Å². The molecular formula is C19H24N2O. The molecule has 0 spiro atoms. The van der Waals surface area contributed by atoms with Crippen molar-refractivity contribution in [2.45, 2.75) is 39.8 Å². The topological polar surface area (TPSA) is 25.2 Å². The van der Waals surface area contributed by atoms with Gasteiger partial charge in [0.2, 0.25) is 5.91 Å². The SMILES string of the molecule is CC(C)(C)CC(=O)N1CCn2cccc2C1c1ccccc1. The van der Waals surface area contributed by atoms with Gasteiger partial charge in [0.1, 0.15) is 0 Å². The molecular weight excluding hydrogens is 272 g/mol. The van der Waals surface area contributed by atoms with Crippen molar-refractivity contribution < 1.29 is 4.79 Å². The predicted octanol–water partition coefficient (Wildman–Crippen LogP) is 3.86. The summed E-state index contributed by atoms with van der Waals surface area (Å²) < 4.78 is 2.26. The quantitative estimate of drug-likeness (QED) is 0.826. The fourth-order valence-corrected chi connectivity index (χ4v) is 3.19. The molecule has 3 heteroatoms. The number of rotatable bonds is 2. The molecule has 3 nitrogen and oxygen atoms in total.